The fourth-order valence-electron chi connectivity index (χ4n) is 2.19. The highest BCUT2D eigenvalue weighted by atomic mass is 35.5. The van der Waals surface area contributed by atoms with Gasteiger partial charge in [0.2, 0.25) is 5.91 Å². The molecular weight excluding hydrogens is 264 g/mol. The van der Waals surface area contributed by atoms with Crippen molar-refractivity contribution in [2.45, 2.75) is 38.5 Å². The molecule has 0 aromatic rings. The third-order valence-electron chi connectivity index (χ3n) is 3.33. The predicted molar refractivity (Wildman–Crippen MR) is 66.1 cm³/mol. The van der Waals surface area contributed by atoms with Gasteiger partial charge in [-0.1, -0.05) is 12.8 Å². The maximum absolute atomic E-state index is 11.8. The lowest BCUT2D eigenvalue weighted by Crippen LogP contribution is -2.37. The van der Waals surface area contributed by atoms with Gasteiger partial charge in [0, 0.05) is 24.3 Å². The molecule has 1 fully saturated rings. The average Bonchev–Trinajstić information content (AvgIpc) is 2.81. The van der Waals surface area contributed by atoms with Crippen LogP contribution in [0.3, 0.4) is 0 Å². The minimum Gasteiger partial charge on any atom is -0.375 e. The molecule has 0 bridgehead atoms. The number of nitrogens with one attached hydrogen (secondary N) is 1. The molecule has 1 aliphatic carbocycles. The van der Waals surface area contributed by atoms with Gasteiger partial charge < -0.3 is 10.1 Å². The molecule has 0 heterocycles. The monoisotopic (exact) mass is 283 g/mol. The number of ether oxygens (including phenoxy) is 1. The SMILES string of the molecule is O=C(CCOCC(F)F)NCC1(CCl)CCCC1. The summed E-state index contributed by atoms with van der Waals surface area (Å²) in [5, 5.41) is 2.81. The molecule has 0 atom stereocenters. The van der Waals surface area contributed by atoms with Gasteiger partial charge in [-0.05, 0) is 12.8 Å². The fraction of sp³-hybridized carbons (Fsp3) is 0.917. The van der Waals surface area contributed by atoms with Crippen LogP contribution in [-0.4, -0.2) is 38.0 Å². The Balaban J connectivity index is 2.12. The summed E-state index contributed by atoms with van der Waals surface area (Å²) in [7, 11) is 0. The van der Waals surface area contributed by atoms with Crippen LogP contribution in [0.2, 0.25) is 0 Å². The van der Waals surface area contributed by atoms with Gasteiger partial charge in [-0.2, -0.15) is 0 Å². The molecule has 0 aromatic carbocycles. The van der Waals surface area contributed by atoms with E-state index in [0.29, 0.717) is 12.4 Å². The molecule has 0 aliphatic heterocycles. The molecule has 6 heteroatoms. The minimum absolute atomic E-state index is 0.0288. The normalized spacial score (nSPS) is 18.2. The van der Waals surface area contributed by atoms with Crippen molar-refractivity contribution in [3.8, 4) is 0 Å². The van der Waals surface area contributed by atoms with E-state index < -0.39 is 13.0 Å². The van der Waals surface area contributed by atoms with Crippen molar-refractivity contribution in [1.29, 1.82) is 0 Å². The van der Waals surface area contributed by atoms with Gasteiger partial charge in [-0.3, -0.25) is 4.79 Å². The van der Waals surface area contributed by atoms with E-state index in [1.807, 2.05) is 0 Å². The quantitative estimate of drug-likeness (QED) is 0.549. The second-order valence-electron chi connectivity index (χ2n) is 4.83. The van der Waals surface area contributed by atoms with Gasteiger partial charge in [0.05, 0.1) is 6.61 Å². The molecule has 0 radical (unpaired) electrons. The molecule has 1 aliphatic rings. The van der Waals surface area contributed by atoms with Gasteiger partial charge >= 0.3 is 0 Å². The predicted octanol–water partition coefficient (Wildman–Crippen LogP) is 2.57. The first-order valence-electron chi connectivity index (χ1n) is 6.26. The summed E-state index contributed by atoms with van der Waals surface area (Å²) >= 11 is 5.95. The molecule has 1 amide bonds. The number of carbonyl (C=O) groups excluding carboxylic acids is 1. The standard InChI is InChI=1S/C12H20ClF2NO2/c13-8-12(4-1-2-5-12)9-16-11(17)3-6-18-7-10(14)15/h10H,1-9H2,(H,16,17). The topological polar surface area (TPSA) is 38.3 Å². The summed E-state index contributed by atoms with van der Waals surface area (Å²) < 4.78 is 28.2. The smallest absolute Gasteiger partial charge is 0.261 e. The second-order valence-corrected chi connectivity index (χ2v) is 5.10. The Morgan fingerprint density at radius 1 is 1.39 bits per heavy atom. The molecule has 0 aromatic heterocycles. The van der Waals surface area contributed by atoms with Crippen molar-refractivity contribution in [3.05, 3.63) is 0 Å². The van der Waals surface area contributed by atoms with E-state index in [0.717, 1.165) is 25.7 Å². The summed E-state index contributed by atoms with van der Waals surface area (Å²) in [6, 6.07) is 0. The summed E-state index contributed by atoms with van der Waals surface area (Å²) in [5.41, 5.74) is 0.0288. The van der Waals surface area contributed by atoms with Crippen LogP contribution in [0, 0.1) is 5.41 Å². The molecule has 1 N–H and O–H groups in total. The molecular formula is C12H20ClF2NO2. The lowest BCUT2D eigenvalue weighted by atomic mass is 9.88. The van der Waals surface area contributed by atoms with Gasteiger partial charge in [-0.25, -0.2) is 8.78 Å². The van der Waals surface area contributed by atoms with E-state index in [9.17, 15) is 13.6 Å². The summed E-state index contributed by atoms with van der Waals surface area (Å²) in [4.78, 5) is 11.5. The third-order valence-corrected chi connectivity index (χ3v) is 3.89. The van der Waals surface area contributed by atoms with Crippen molar-refractivity contribution in [2.24, 2.45) is 5.41 Å². The van der Waals surface area contributed by atoms with Crippen LogP contribution in [0.5, 0.6) is 0 Å². The molecule has 1 rings (SSSR count). The number of alkyl halides is 3. The fourth-order valence-corrected chi connectivity index (χ4v) is 2.56. The van der Waals surface area contributed by atoms with Crippen molar-refractivity contribution >= 4 is 17.5 Å². The van der Waals surface area contributed by atoms with Crippen LogP contribution >= 0.6 is 11.6 Å². The van der Waals surface area contributed by atoms with Gasteiger partial charge in [-0.15, -0.1) is 11.6 Å². The Hall–Kier alpha value is -0.420. The molecule has 18 heavy (non-hydrogen) atoms. The maximum atomic E-state index is 11.8. The minimum atomic E-state index is -2.48. The molecule has 1 saturated carbocycles. The van der Waals surface area contributed by atoms with Crippen LogP contribution in [-0.2, 0) is 9.53 Å². The number of rotatable bonds is 8. The highest BCUT2D eigenvalue weighted by Gasteiger charge is 2.33. The van der Waals surface area contributed by atoms with Crippen molar-refractivity contribution in [2.75, 3.05) is 25.6 Å². The van der Waals surface area contributed by atoms with Crippen molar-refractivity contribution in [1.82, 2.24) is 5.32 Å². The molecule has 3 nitrogen and oxygen atoms in total. The van der Waals surface area contributed by atoms with Crippen LogP contribution in [0.1, 0.15) is 32.1 Å². The van der Waals surface area contributed by atoms with Crippen LogP contribution in [0.4, 0.5) is 8.78 Å². The maximum Gasteiger partial charge on any atom is 0.261 e. The van der Waals surface area contributed by atoms with E-state index in [2.05, 4.69) is 10.1 Å². The van der Waals surface area contributed by atoms with Crippen molar-refractivity contribution < 1.29 is 18.3 Å². The Morgan fingerprint density at radius 3 is 2.61 bits per heavy atom. The highest BCUT2D eigenvalue weighted by Crippen LogP contribution is 2.38. The second kappa shape index (κ2) is 7.89. The lowest BCUT2D eigenvalue weighted by Gasteiger charge is -2.26. The first-order chi connectivity index (χ1) is 8.58. The van der Waals surface area contributed by atoms with E-state index in [1.54, 1.807) is 0 Å². The van der Waals surface area contributed by atoms with E-state index >= 15 is 0 Å². The van der Waals surface area contributed by atoms with Crippen molar-refractivity contribution in [3.63, 3.8) is 0 Å². The first-order valence-corrected chi connectivity index (χ1v) is 6.80. The summed E-state index contributed by atoms with van der Waals surface area (Å²) in [6.07, 6.45) is 2.02. The number of amides is 1. The molecule has 106 valence electrons. The Kier molecular flexibility index (Phi) is 6.86. The van der Waals surface area contributed by atoms with Gasteiger partial charge in [0.25, 0.3) is 6.43 Å². The Labute approximate surface area is 111 Å². The number of halogens is 3. The Bertz CT molecular complexity index is 258. The zero-order chi connectivity index (χ0) is 13.4. The highest BCUT2D eigenvalue weighted by molar-refractivity contribution is 6.18. The van der Waals surface area contributed by atoms with Crippen LogP contribution in [0.25, 0.3) is 0 Å². The number of hydrogen-bond acceptors (Lipinski definition) is 2. The van der Waals surface area contributed by atoms with Gasteiger partial charge in [0.15, 0.2) is 0 Å². The summed E-state index contributed by atoms with van der Waals surface area (Å²) in [5.74, 6) is 0.385. The largest absolute Gasteiger partial charge is 0.375 e. The van der Waals surface area contributed by atoms with Crippen LogP contribution < -0.4 is 5.32 Å². The van der Waals surface area contributed by atoms with Crippen LogP contribution in [0.15, 0.2) is 0 Å². The zero-order valence-electron chi connectivity index (χ0n) is 10.4. The third kappa shape index (κ3) is 5.48. The molecule has 0 spiro atoms. The molecule has 0 unspecified atom stereocenters. The zero-order valence-corrected chi connectivity index (χ0v) is 11.1. The van der Waals surface area contributed by atoms with Gasteiger partial charge in [0.1, 0.15) is 6.61 Å². The molecule has 0 saturated heterocycles. The average molecular weight is 284 g/mol. The Morgan fingerprint density at radius 2 is 2.06 bits per heavy atom. The lowest BCUT2D eigenvalue weighted by molar-refractivity contribution is -0.123. The number of carbonyl (C=O) groups is 1. The van der Waals surface area contributed by atoms with E-state index in [1.165, 1.54) is 0 Å². The first kappa shape index (κ1) is 15.6. The number of hydrogen-bond donors (Lipinski definition) is 1. The summed E-state index contributed by atoms with van der Waals surface area (Å²) in [6.45, 7) is -0.00682. The van der Waals surface area contributed by atoms with E-state index in [-0.39, 0.29) is 24.3 Å². The van der Waals surface area contributed by atoms with E-state index in [4.69, 9.17) is 11.6 Å².